The number of anilines is 2. The number of carbonyl (C=O) groups excluding carboxylic acids is 2. The predicted octanol–water partition coefficient (Wildman–Crippen LogP) is 2.40. The molecule has 0 aliphatic carbocycles. The molecule has 0 radical (unpaired) electrons. The maximum atomic E-state index is 12.9. The van der Waals surface area contributed by atoms with Crippen LogP contribution in [-0.4, -0.2) is 76.4 Å². The highest BCUT2D eigenvalue weighted by Crippen LogP contribution is 2.36. The summed E-state index contributed by atoms with van der Waals surface area (Å²) in [5.41, 5.74) is 1.60. The van der Waals surface area contributed by atoms with Crippen LogP contribution in [0.2, 0.25) is 0 Å². The average molecular weight is 456 g/mol. The molecule has 4 rings (SSSR count). The molecule has 1 N–H and O–H groups in total. The van der Waals surface area contributed by atoms with E-state index in [1.807, 2.05) is 0 Å². The number of nitrogens with zero attached hydrogens (tertiary/aromatic N) is 2. The van der Waals surface area contributed by atoms with Gasteiger partial charge in [-0.2, -0.15) is 0 Å². The van der Waals surface area contributed by atoms with Crippen LogP contribution in [0.25, 0.3) is 0 Å². The highest BCUT2D eigenvalue weighted by molar-refractivity contribution is 6.06. The van der Waals surface area contributed by atoms with Gasteiger partial charge in [0.1, 0.15) is 17.2 Å². The van der Waals surface area contributed by atoms with E-state index in [-0.39, 0.29) is 11.8 Å². The van der Waals surface area contributed by atoms with Gasteiger partial charge in [-0.3, -0.25) is 14.5 Å². The molecule has 2 aromatic rings. The Labute approximate surface area is 193 Å². The van der Waals surface area contributed by atoms with E-state index < -0.39 is 6.10 Å². The molecule has 9 nitrogen and oxygen atoms in total. The van der Waals surface area contributed by atoms with Crippen molar-refractivity contribution in [2.75, 3.05) is 63.8 Å². The van der Waals surface area contributed by atoms with E-state index in [4.69, 9.17) is 18.9 Å². The smallest absolute Gasteiger partial charge is 0.267 e. The topological polar surface area (TPSA) is 89.6 Å². The predicted molar refractivity (Wildman–Crippen MR) is 124 cm³/mol. The van der Waals surface area contributed by atoms with Gasteiger partial charge in [-0.05, 0) is 37.3 Å². The molecule has 2 heterocycles. The van der Waals surface area contributed by atoms with Crippen LogP contribution in [0.1, 0.15) is 17.3 Å². The molecule has 2 aliphatic rings. The Kier molecular flexibility index (Phi) is 7.00. The largest absolute Gasteiger partial charge is 0.497 e. The molecule has 0 aromatic heterocycles. The third kappa shape index (κ3) is 5.20. The average Bonchev–Trinajstić information content (AvgIpc) is 2.84. The van der Waals surface area contributed by atoms with Gasteiger partial charge in [0.2, 0.25) is 0 Å². The second-order valence-electron chi connectivity index (χ2n) is 7.94. The number of benzene rings is 2. The number of fused-ring (bicyclic) bond motifs is 1. The lowest BCUT2D eigenvalue weighted by molar-refractivity contribution is -0.125. The number of ether oxygens (including phenoxy) is 4. The summed E-state index contributed by atoms with van der Waals surface area (Å²) in [5, 5.41) is 2.89. The van der Waals surface area contributed by atoms with Crippen molar-refractivity contribution in [2.45, 2.75) is 13.0 Å². The van der Waals surface area contributed by atoms with Crippen LogP contribution in [-0.2, 0) is 9.53 Å². The van der Waals surface area contributed by atoms with E-state index in [2.05, 4.69) is 10.2 Å². The number of hydrogen-bond acceptors (Lipinski definition) is 7. The lowest BCUT2D eigenvalue weighted by Gasteiger charge is -2.35. The maximum Gasteiger partial charge on any atom is 0.267 e. The van der Waals surface area contributed by atoms with Crippen LogP contribution in [0, 0.1) is 0 Å². The van der Waals surface area contributed by atoms with Crippen LogP contribution in [0.5, 0.6) is 17.2 Å². The van der Waals surface area contributed by atoms with Crippen LogP contribution in [0.15, 0.2) is 36.4 Å². The highest BCUT2D eigenvalue weighted by Gasteiger charge is 2.32. The van der Waals surface area contributed by atoms with Crippen LogP contribution >= 0.6 is 0 Å². The van der Waals surface area contributed by atoms with E-state index in [0.29, 0.717) is 53.9 Å². The van der Waals surface area contributed by atoms with E-state index >= 15 is 0 Å². The number of methoxy groups -OCH3 is 2. The summed E-state index contributed by atoms with van der Waals surface area (Å²) in [4.78, 5) is 29.8. The Morgan fingerprint density at radius 1 is 1.06 bits per heavy atom. The lowest BCUT2D eigenvalue weighted by atomic mass is 10.1. The van der Waals surface area contributed by atoms with Crippen LogP contribution < -0.4 is 24.4 Å². The van der Waals surface area contributed by atoms with Gasteiger partial charge in [-0.1, -0.05) is 0 Å². The summed E-state index contributed by atoms with van der Waals surface area (Å²) in [5.74, 6) is 1.24. The van der Waals surface area contributed by atoms with Crippen molar-refractivity contribution in [1.29, 1.82) is 0 Å². The summed E-state index contributed by atoms with van der Waals surface area (Å²) in [6.07, 6.45) is -0.563. The Morgan fingerprint density at radius 3 is 2.42 bits per heavy atom. The summed E-state index contributed by atoms with van der Waals surface area (Å²) in [6, 6.07) is 10.3. The van der Waals surface area contributed by atoms with Gasteiger partial charge in [-0.15, -0.1) is 0 Å². The van der Waals surface area contributed by atoms with Crippen molar-refractivity contribution in [2.24, 2.45) is 0 Å². The van der Waals surface area contributed by atoms with Crippen LogP contribution in [0.4, 0.5) is 11.4 Å². The minimum atomic E-state index is -0.563. The fourth-order valence-corrected chi connectivity index (χ4v) is 3.92. The quantitative estimate of drug-likeness (QED) is 0.686. The molecule has 0 saturated carbocycles. The van der Waals surface area contributed by atoms with Gasteiger partial charge in [0, 0.05) is 43.5 Å². The summed E-state index contributed by atoms with van der Waals surface area (Å²) in [7, 11) is 3.06. The maximum absolute atomic E-state index is 12.9. The molecule has 1 fully saturated rings. The van der Waals surface area contributed by atoms with Gasteiger partial charge >= 0.3 is 0 Å². The molecular weight excluding hydrogens is 426 g/mol. The number of morpholine rings is 1. The number of amides is 2. The first-order valence-corrected chi connectivity index (χ1v) is 10.9. The van der Waals surface area contributed by atoms with Crippen molar-refractivity contribution in [3.63, 3.8) is 0 Å². The van der Waals surface area contributed by atoms with E-state index in [1.165, 1.54) is 14.2 Å². The van der Waals surface area contributed by atoms with Gasteiger partial charge in [0.15, 0.2) is 6.10 Å². The van der Waals surface area contributed by atoms with Crippen molar-refractivity contribution in [3.8, 4) is 17.2 Å². The fourth-order valence-electron chi connectivity index (χ4n) is 3.92. The minimum Gasteiger partial charge on any atom is -0.497 e. The summed E-state index contributed by atoms with van der Waals surface area (Å²) in [6.45, 7) is 6.12. The number of nitrogens with one attached hydrogen (secondary N) is 1. The van der Waals surface area contributed by atoms with Gasteiger partial charge in [0.05, 0.1) is 33.1 Å². The molecule has 0 bridgehead atoms. The molecule has 176 valence electrons. The first kappa shape index (κ1) is 22.9. The standard InChI is InChI=1S/C24H29N3O6/c1-16-24(29)27(7-6-26-8-10-32-11-9-26)21-14-18(4-5-22(21)33-16)25-23(28)17-12-19(30-2)15-20(13-17)31-3/h4-5,12-16H,6-11H2,1-3H3,(H,25,28). The Bertz CT molecular complexity index is 999. The lowest BCUT2D eigenvalue weighted by Crippen LogP contribution is -2.48. The first-order chi connectivity index (χ1) is 16.0. The van der Waals surface area contributed by atoms with Gasteiger partial charge in [-0.25, -0.2) is 0 Å². The minimum absolute atomic E-state index is 0.100. The molecule has 2 aliphatic heterocycles. The van der Waals surface area contributed by atoms with Gasteiger partial charge < -0.3 is 29.2 Å². The Balaban J connectivity index is 1.54. The van der Waals surface area contributed by atoms with E-state index in [1.54, 1.807) is 48.2 Å². The van der Waals surface area contributed by atoms with Crippen LogP contribution in [0.3, 0.4) is 0 Å². The molecule has 2 amide bonds. The third-order valence-electron chi connectivity index (χ3n) is 5.78. The highest BCUT2D eigenvalue weighted by atomic mass is 16.5. The second-order valence-corrected chi connectivity index (χ2v) is 7.94. The second kappa shape index (κ2) is 10.1. The number of carbonyl (C=O) groups is 2. The monoisotopic (exact) mass is 455 g/mol. The van der Waals surface area contributed by atoms with Crippen molar-refractivity contribution in [3.05, 3.63) is 42.0 Å². The zero-order valence-corrected chi connectivity index (χ0v) is 19.1. The van der Waals surface area contributed by atoms with Crippen molar-refractivity contribution in [1.82, 2.24) is 4.90 Å². The molecule has 0 spiro atoms. The SMILES string of the molecule is COc1cc(OC)cc(C(=O)Nc2ccc3c(c2)N(CCN2CCOCC2)C(=O)C(C)O3)c1. The summed E-state index contributed by atoms with van der Waals surface area (Å²) >= 11 is 0. The summed E-state index contributed by atoms with van der Waals surface area (Å²) < 4.78 is 21.7. The Morgan fingerprint density at radius 2 is 1.76 bits per heavy atom. The molecule has 1 atom stereocenters. The van der Waals surface area contributed by atoms with Crippen molar-refractivity contribution < 1.29 is 28.5 Å². The number of rotatable bonds is 7. The molecule has 33 heavy (non-hydrogen) atoms. The molecule has 1 unspecified atom stereocenters. The first-order valence-electron chi connectivity index (χ1n) is 10.9. The van der Waals surface area contributed by atoms with E-state index in [9.17, 15) is 9.59 Å². The normalized spacial score (nSPS) is 18.3. The third-order valence-corrected chi connectivity index (χ3v) is 5.78. The zero-order chi connectivity index (χ0) is 23.4. The fraction of sp³-hybridized carbons (Fsp3) is 0.417. The molecule has 9 heteroatoms. The molecule has 1 saturated heterocycles. The Hall–Kier alpha value is -3.30. The van der Waals surface area contributed by atoms with Crippen molar-refractivity contribution >= 4 is 23.2 Å². The van der Waals surface area contributed by atoms with E-state index in [0.717, 1.165) is 19.6 Å². The zero-order valence-electron chi connectivity index (χ0n) is 19.1. The van der Waals surface area contributed by atoms with Gasteiger partial charge in [0.25, 0.3) is 11.8 Å². The number of hydrogen-bond donors (Lipinski definition) is 1. The molecular formula is C24H29N3O6. The molecule has 2 aromatic carbocycles.